The number of carbonyl (C=O) groups is 2. The summed E-state index contributed by atoms with van der Waals surface area (Å²) in [6, 6.07) is 7.06. The van der Waals surface area contributed by atoms with E-state index in [9.17, 15) is 9.59 Å². The quantitative estimate of drug-likeness (QED) is 0.879. The molecule has 1 aliphatic carbocycles. The molecule has 0 aromatic heterocycles. The molecule has 2 N–H and O–H groups in total. The molecule has 1 saturated carbocycles. The van der Waals surface area contributed by atoms with E-state index in [0.717, 1.165) is 5.56 Å². The van der Waals surface area contributed by atoms with Crippen LogP contribution in [-0.4, -0.2) is 17.0 Å². The van der Waals surface area contributed by atoms with Gasteiger partial charge in [0.2, 0.25) is 5.91 Å². The number of aliphatic carboxylic acids is 1. The maximum absolute atomic E-state index is 11.8. The van der Waals surface area contributed by atoms with Crippen LogP contribution in [0.4, 0.5) is 0 Å². The normalized spacial score (nSPS) is 23.2. The van der Waals surface area contributed by atoms with Crippen LogP contribution in [-0.2, 0) is 9.59 Å². The predicted molar refractivity (Wildman–Crippen MR) is 67.2 cm³/mol. The minimum absolute atomic E-state index is 0.148. The first-order valence-electron chi connectivity index (χ1n) is 5.77. The third-order valence-corrected chi connectivity index (χ3v) is 3.43. The lowest BCUT2D eigenvalue weighted by Gasteiger charge is -2.14. The molecule has 1 aliphatic rings. The molecule has 1 amide bonds. The van der Waals surface area contributed by atoms with Crippen LogP contribution in [0.3, 0.4) is 0 Å². The molecule has 3 atom stereocenters. The van der Waals surface area contributed by atoms with Crippen LogP contribution in [0, 0.1) is 11.8 Å². The number of amides is 1. The van der Waals surface area contributed by atoms with Crippen molar-refractivity contribution in [3.8, 4) is 0 Å². The highest BCUT2D eigenvalue weighted by Crippen LogP contribution is 2.39. The highest BCUT2D eigenvalue weighted by Gasteiger charge is 2.48. The van der Waals surface area contributed by atoms with Crippen LogP contribution >= 0.6 is 11.6 Å². The van der Waals surface area contributed by atoms with Crippen molar-refractivity contribution in [3.63, 3.8) is 0 Å². The Morgan fingerprint density at radius 2 is 1.94 bits per heavy atom. The third-order valence-electron chi connectivity index (χ3n) is 3.17. The number of hydrogen-bond acceptors (Lipinski definition) is 2. The zero-order valence-electron chi connectivity index (χ0n) is 9.89. The van der Waals surface area contributed by atoms with Gasteiger partial charge in [0.05, 0.1) is 17.9 Å². The Hall–Kier alpha value is -1.55. The van der Waals surface area contributed by atoms with E-state index in [2.05, 4.69) is 5.32 Å². The average Bonchev–Trinajstić information content (AvgIpc) is 3.09. The lowest BCUT2D eigenvalue weighted by Crippen LogP contribution is -2.29. The molecule has 2 rings (SSSR count). The van der Waals surface area contributed by atoms with E-state index in [1.807, 2.05) is 19.1 Å². The number of carboxylic acid groups (broad SMARTS) is 1. The van der Waals surface area contributed by atoms with Gasteiger partial charge in [-0.2, -0.15) is 0 Å². The van der Waals surface area contributed by atoms with E-state index in [1.165, 1.54) is 0 Å². The summed E-state index contributed by atoms with van der Waals surface area (Å²) in [6.45, 7) is 1.86. The van der Waals surface area contributed by atoms with Crippen molar-refractivity contribution >= 4 is 23.5 Å². The number of benzene rings is 1. The number of halogens is 1. The molecule has 96 valence electrons. The van der Waals surface area contributed by atoms with Crippen LogP contribution in [0.2, 0.25) is 5.02 Å². The van der Waals surface area contributed by atoms with Gasteiger partial charge in [-0.1, -0.05) is 23.7 Å². The number of rotatable bonds is 4. The summed E-state index contributed by atoms with van der Waals surface area (Å²) in [5.41, 5.74) is 0.945. The monoisotopic (exact) mass is 267 g/mol. The Balaban J connectivity index is 1.92. The predicted octanol–water partition coefficient (Wildman–Crippen LogP) is 2.24. The number of hydrogen-bond donors (Lipinski definition) is 2. The van der Waals surface area contributed by atoms with Crippen LogP contribution in [0.15, 0.2) is 24.3 Å². The van der Waals surface area contributed by atoms with Gasteiger partial charge in [-0.15, -0.1) is 0 Å². The van der Waals surface area contributed by atoms with Crippen LogP contribution in [0.25, 0.3) is 0 Å². The molecule has 0 aliphatic heterocycles. The molecular weight excluding hydrogens is 254 g/mol. The SMILES string of the molecule is C[C@@H](NC(=O)[C@@H]1C[C@@H]1C(=O)O)c1ccc(Cl)cc1. The first-order valence-corrected chi connectivity index (χ1v) is 6.15. The zero-order chi connectivity index (χ0) is 13.3. The minimum Gasteiger partial charge on any atom is -0.481 e. The summed E-state index contributed by atoms with van der Waals surface area (Å²) >= 11 is 5.78. The smallest absolute Gasteiger partial charge is 0.307 e. The molecule has 0 saturated heterocycles. The summed E-state index contributed by atoms with van der Waals surface area (Å²) in [4.78, 5) is 22.4. The Morgan fingerprint density at radius 3 is 2.44 bits per heavy atom. The van der Waals surface area contributed by atoms with Gasteiger partial charge in [0.1, 0.15) is 0 Å². The molecule has 0 unspecified atom stereocenters. The number of carboxylic acids is 1. The van der Waals surface area contributed by atoms with E-state index in [4.69, 9.17) is 16.7 Å². The van der Waals surface area contributed by atoms with Crippen LogP contribution in [0.5, 0.6) is 0 Å². The second kappa shape index (κ2) is 4.98. The zero-order valence-corrected chi connectivity index (χ0v) is 10.6. The first-order chi connectivity index (χ1) is 8.49. The molecule has 4 nitrogen and oxygen atoms in total. The van der Waals surface area contributed by atoms with Gasteiger partial charge in [-0.25, -0.2) is 0 Å². The Bertz CT molecular complexity index is 472. The van der Waals surface area contributed by atoms with Gasteiger partial charge in [-0.05, 0) is 31.0 Å². The fourth-order valence-electron chi connectivity index (χ4n) is 1.91. The summed E-state index contributed by atoms with van der Waals surface area (Å²) < 4.78 is 0. The van der Waals surface area contributed by atoms with Gasteiger partial charge in [0.25, 0.3) is 0 Å². The maximum Gasteiger partial charge on any atom is 0.307 e. The molecule has 1 fully saturated rings. The van der Waals surface area contributed by atoms with Gasteiger partial charge >= 0.3 is 5.97 Å². The van der Waals surface area contributed by atoms with Crippen LogP contribution < -0.4 is 5.32 Å². The molecular formula is C13H14ClNO3. The lowest BCUT2D eigenvalue weighted by atomic mass is 10.1. The molecule has 0 heterocycles. The van der Waals surface area contributed by atoms with E-state index >= 15 is 0 Å². The highest BCUT2D eigenvalue weighted by molar-refractivity contribution is 6.30. The topological polar surface area (TPSA) is 66.4 Å². The van der Waals surface area contributed by atoms with Crippen molar-refractivity contribution in [2.24, 2.45) is 11.8 Å². The van der Waals surface area contributed by atoms with Gasteiger partial charge in [0.15, 0.2) is 0 Å². The van der Waals surface area contributed by atoms with E-state index in [-0.39, 0.29) is 17.9 Å². The lowest BCUT2D eigenvalue weighted by molar-refractivity contribution is -0.140. The van der Waals surface area contributed by atoms with Crippen molar-refractivity contribution in [1.82, 2.24) is 5.32 Å². The van der Waals surface area contributed by atoms with Crippen molar-refractivity contribution in [2.75, 3.05) is 0 Å². The minimum atomic E-state index is -0.894. The van der Waals surface area contributed by atoms with Crippen molar-refractivity contribution in [3.05, 3.63) is 34.9 Å². The molecule has 5 heteroatoms. The summed E-state index contributed by atoms with van der Waals surface area (Å²) in [5, 5.41) is 12.2. The molecule has 18 heavy (non-hydrogen) atoms. The molecule has 0 bridgehead atoms. The second-order valence-electron chi connectivity index (χ2n) is 4.57. The average molecular weight is 268 g/mol. The largest absolute Gasteiger partial charge is 0.481 e. The van der Waals surface area contributed by atoms with Crippen molar-refractivity contribution < 1.29 is 14.7 Å². The summed E-state index contributed by atoms with van der Waals surface area (Å²) in [5.74, 6) is -1.97. The fraction of sp³-hybridized carbons (Fsp3) is 0.385. The second-order valence-corrected chi connectivity index (χ2v) is 5.01. The molecule has 1 aromatic rings. The Morgan fingerprint density at radius 1 is 1.33 bits per heavy atom. The van der Waals surface area contributed by atoms with Gasteiger partial charge in [0, 0.05) is 5.02 Å². The van der Waals surface area contributed by atoms with Gasteiger partial charge < -0.3 is 10.4 Å². The summed E-state index contributed by atoms with van der Waals surface area (Å²) in [7, 11) is 0. The van der Waals surface area contributed by atoms with Crippen molar-refractivity contribution in [1.29, 1.82) is 0 Å². The maximum atomic E-state index is 11.8. The molecule has 1 aromatic carbocycles. The third kappa shape index (κ3) is 2.82. The number of nitrogens with one attached hydrogen (secondary N) is 1. The highest BCUT2D eigenvalue weighted by atomic mass is 35.5. The summed E-state index contributed by atoms with van der Waals surface area (Å²) in [6.07, 6.45) is 0.439. The van der Waals surface area contributed by atoms with Crippen LogP contribution in [0.1, 0.15) is 24.9 Å². The van der Waals surface area contributed by atoms with E-state index in [0.29, 0.717) is 11.4 Å². The Kier molecular flexibility index (Phi) is 3.57. The standard InChI is InChI=1S/C13H14ClNO3/c1-7(8-2-4-9(14)5-3-8)15-12(16)10-6-11(10)13(17)18/h2-5,7,10-11H,6H2,1H3,(H,15,16)(H,17,18)/t7-,10-,11+/m1/s1. The number of carbonyl (C=O) groups excluding carboxylic acids is 1. The van der Waals surface area contributed by atoms with Gasteiger partial charge in [-0.3, -0.25) is 9.59 Å². The molecule has 0 radical (unpaired) electrons. The van der Waals surface area contributed by atoms with E-state index < -0.39 is 11.9 Å². The molecule has 0 spiro atoms. The van der Waals surface area contributed by atoms with Crippen molar-refractivity contribution in [2.45, 2.75) is 19.4 Å². The first kappa shape index (κ1) is 12.9. The van der Waals surface area contributed by atoms with E-state index in [1.54, 1.807) is 12.1 Å². The Labute approximate surface area is 110 Å². The fourth-order valence-corrected chi connectivity index (χ4v) is 2.04.